The van der Waals surface area contributed by atoms with Gasteiger partial charge in [0, 0.05) is 30.6 Å². The van der Waals surface area contributed by atoms with Crippen LogP contribution < -0.4 is 9.64 Å². The number of methoxy groups -OCH3 is 1. The lowest BCUT2D eigenvalue weighted by atomic mass is 10.0. The number of nitrogens with zero attached hydrogens (tertiary/aromatic N) is 3. The number of amides is 1. The van der Waals surface area contributed by atoms with Crippen molar-refractivity contribution in [1.82, 2.24) is 10.1 Å². The minimum atomic E-state index is 0.0864. The summed E-state index contributed by atoms with van der Waals surface area (Å²) in [6, 6.07) is 15.6. The van der Waals surface area contributed by atoms with E-state index in [1.807, 2.05) is 47.4 Å². The Morgan fingerprint density at radius 1 is 1.22 bits per heavy atom. The molecule has 3 aromatic rings. The molecule has 0 aliphatic carbocycles. The Morgan fingerprint density at radius 2 is 2.11 bits per heavy atom. The molecule has 1 amide bonds. The Balaban J connectivity index is 1.42. The maximum Gasteiger partial charge on any atom is 0.227 e. The standard InChI is InChI=1S/C21H21N3O3/c1-26-17-9-4-7-16(14-17)21-22-19(27-23-21)11-12-20(25)24-13-5-8-15-6-2-3-10-18(15)24/h2-4,6-7,9-10,14H,5,8,11-13H2,1H3. The highest BCUT2D eigenvalue weighted by Crippen LogP contribution is 2.27. The van der Waals surface area contributed by atoms with Crippen molar-refractivity contribution >= 4 is 11.6 Å². The summed E-state index contributed by atoms with van der Waals surface area (Å²) in [5, 5.41) is 4.02. The number of fused-ring (bicyclic) bond motifs is 1. The summed E-state index contributed by atoms with van der Waals surface area (Å²) in [6.45, 7) is 0.759. The van der Waals surface area contributed by atoms with E-state index in [9.17, 15) is 4.79 Å². The number of aromatic nitrogens is 2. The van der Waals surface area contributed by atoms with Gasteiger partial charge < -0.3 is 14.2 Å². The lowest BCUT2D eigenvalue weighted by Gasteiger charge is -2.29. The molecule has 0 fully saturated rings. The second-order valence-corrected chi connectivity index (χ2v) is 6.52. The molecule has 0 saturated heterocycles. The first-order chi connectivity index (χ1) is 13.2. The second-order valence-electron chi connectivity index (χ2n) is 6.52. The predicted octanol–water partition coefficient (Wildman–Crippen LogP) is 3.66. The smallest absolute Gasteiger partial charge is 0.227 e. The van der Waals surface area contributed by atoms with E-state index < -0.39 is 0 Å². The van der Waals surface area contributed by atoms with Gasteiger partial charge >= 0.3 is 0 Å². The molecule has 138 valence electrons. The Kier molecular flexibility index (Phi) is 4.87. The molecule has 0 unspecified atom stereocenters. The van der Waals surface area contributed by atoms with Crippen LogP contribution in [0.25, 0.3) is 11.4 Å². The molecule has 0 N–H and O–H groups in total. The van der Waals surface area contributed by atoms with E-state index in [0.29, 0.717) is 24.6 Å². The average Bonchev–Trinajstić information content (AvgIpc) is 3.21. The summed E-state index contributed by atoms with van der Waals surface area (Å²) in [4.78, 5) is 19.0. The van der Waals surface area contributed by atoms with Gasteiger partial charge in [0.15, 0.2) is 0 Å². The van der Waals surface area contributed by atoms with Crippen molar-refractivity contribution in [3.63, 3.8) is 0 Å². The molecular weight excluding hydrogens is 342 g/mol. The Hall–Kier alpha value is -3.15. The number of hydrogen-bond donors (Lipinski definition) is 0. The van der Waals surface area contributed by atoms with E-state index in [4.69, 9.17) is 9.26 Å². The zero-order chi connectivity index (χ0) is 18.6. The minimum Gasteiger partial charge on any atom is -0.497 e. The van der Waals surface area contributed by atoms with Crippen molar-refractivity contribution in [2.45, 2.75) is 25.7 Å². The first kappa shape index (κ1) is 17.3. The molecule has 0 atom stereocenters. The summed E-state index contributed by atoms with van der Waals surface area (Å²) in [5.41, 5.74) is 3.08. The number of hydrogen-bond acceptors (Lipinski definition) is 5. The van der Waals surface area contributed by atoms with Crippen molar-refractivity contribution in [1.29, 1.82) is 0 Å². The van der Waals surface area contributed by atoms with Crippen LogP contribution in [0.15, 0.2) is 53.1 Å². The topological polar surface area (TPSA) is 68.5 Å². The fraction of sp³-hybridized carbons (Fsp3) is 0.286. The van der Waals surface area contributed by atoms with Gasteiger partial charge in [0.2, 0.25) is 17.6 Å². The van der Waals surface area contributed by atoms with Gasteiger partial charge in [-0.1, -0.05) is 35.5 Å². The number of ether oxygens (including phenoxy) is 1. The zero-order valence-corrected chi connectivity index (χ0v) is 15.2. The van der Waals surface area contributed by atoms with Gasteiger partial charge in [-0.25, -0.2) is 0 Å². The van der Waals surface area contributed by atoms with Crippen molar-refractivity contribution in [2.24, 2.45) is 0 Å². The van der Waals surface area contributed by atoms with E-state index in [1.54, 1.807) is 7.11 Å². The van der Waals surface area contributed by atoms with Gasteiger partial charge in [0.05, 0.1) is 7.11 Å². The van der Waals surface area contributed by atoms with Crippen molar-refractivity contribution in [3.8, 4) is 17.1 Å². The second kappa shape index (κ2) is 7.61. The van der Waals surface area contributed by atoms with E-state index in [2.05, 4.69) is 16.2 Å². The largest absolute Gasteiger partial charge is 0.497 e. The minimum absolute atomic E-state index is 0.0864. The molecule has 2 aromatic carbocycles. The summed E-state index contributed by atoms with van der Waals surface area (Å²) in [5.74, 6) is 1.78. The molecule has 4 rings (SSSR count). The fourth-order valence-corrected chi connectivity index (χ4v) is 3.38. The van der Waals surface area contributed by atoms with Crippen LogP contribution >= 0.6 is 0 Å². The number of para-hydroxylation sites is 1. The molecule has 1 aliphatic heterocycles. The number of benzene rings is 2. The highest BCUT2D eigenvalue weighted by atomic mass is 16.5. The molecule has 0 radical (unpaired) electrons. The van der Waals surface area contributed by atoms with Crippen LogP contribution in [-0.2, 0) is 17.6 Å². The van der Waals surface area contributed by atoms with Crippen LogP contribution in [0.3, 0.4) is 0 Å². The normalized spacial score (nSPS) is 13.3. The Bertz CT molecular complexity index is 951. The van der Waals surface area contributed by atoms with Gasteiger partial charge in [-0.2, -0.15) is 4.98 Å². The molecule has 0 saturated carbocycles. The maximum absolute atomic E-state index is 12.7. The fourth-order valence-electron chi connectivity index (χ4n) is 3.38. The molecule has 27 heavy (non-hydrogen) atoms. The van der Waals surface area contributed by atoms with Gasteiger partial charge in [-0.05, 0) is 36.6 Å². The summed E-state index contributed by atoms with van der Waals surface area (Å²) >= 11 is 0. The van der Waals surface area contributed by atoms with Crippen LogP contribution in [0.4, 0.5) is 5.69 Å². The number of carbonyl (C=O) groups is 1. The molecule has 0 spiro atoms. The summed E-state index contributed by atoms with van der Waals surface area (Å²) < 4.78 is 10.5. The molecule has 0 bridgehead atoms. The zero-order valence-electron chi connectivity index (χ0n) is 15.2. The Morgan fingerprint density at radius 3 is 3.00 bits per heavy atom. The third-order valence-corrected chi connectivity index (χ3v) is 4.76. The molecule has 1 aromatic heterocycles. The number of rotatable bonds is 5. The van der Waals surface area contributed by atoms with E-state index in [0.717, 1.165) is 36.4 Å². The molecular formula is C21H21N3O3. The average molecular weight is 363 g/mol. The predicted molar refractivity (Wildman–Crippen MR) is 102 cm³/mol. The summed E-state index contributed by atoms with van der Waals surface area (Å²) in [6.07, 6.45) is 2.78. The van der Waals surface area contributed by atoms with Crippen LogP contribution in [0.2, 0.25) is 0 Å². The van der Waals surface area contributed by atoms with E-state index in [-0.39, 0.29) is 5.91 Å². The van der Waals surface area contributed by atoms with E-state index >= 15 is 0 Å². The van der Waals surface area contributed by atoms with Crippen LogP contribution in [0.1, 0.15) is 24.3 Å². The molecule has 2 heterocycles. The molecule has 1 aliphatic rings. The quantitative estimate of drug-likeness (QED) is 0.692. The van der Waals surface area contributed by atoms with Gasteiger partial charge in [0.25, 0.3) is 0 Å². The first-order valence-electron chi connectivity index (χ1n) is 9.10. The number of anilines is 1. The third kappa shape index (κ3) is 3.69. The third-order valence-electron chi connectivity index (χ3n) is 4.76. The SMILES string of the molecule is COc1cccc(-c2noc(CCC(=O)N3CCCc4ccccc43)n2)c1. The van der Waals surface area contributed by atoms with Crippen LogP contribution in [0, 0.1) is 0 Å². The highest BCUT2D eigenvalue weighted by molar-refractivity contribution is 5.94. The van der Waals surface area contributed by atoms with Gasteiger partial charge in [0.1, 0.15) is 5.75 Å². The van der Waals surface area contributed by atoms with Gasteiger partial charge in [-0.3, -0.25) is 4.79 Å². The lowest BCUT2D eigenvalue weighted by molar-refractivity contribution is -0.118. The van der Waals surface area contributed by atoms with E-state index in [1.165, 1.54) is 5.56 Å². The maximum atomic E-state index is 12.7. The first-order valence-corrected chi connectivity index (χ1v) is 9.10. The number of carbonyl (C=O) groups excluding carboxylic acids is 1. The van der Waals surface area contributed by atoms with Crippen molar-refractivity contribution in [3.05, 3.63) is 60.0 Å². The summed E-state index contributed by atoms with van der Waals surface area (Å²) in [7, 11) is 1.62. The van der Waals surface area contributed by atoms with Crippen LogP contribution in [-0.4, -0.2) is 29.7 Å². The monoisotopic (exact) mass is 363 g/mol. The highest BCUT2D eigenvalue weighted by Gasteiger charge is 2.22. The van der Waals surface area contributed by atoms with Crippen LogP contribution in [0.5, 0.6) is 5.75 Å². The number of aryl methyl sites for hydroxylation is 2. The van der Waals surface area contributed by atoms with Gasteiger partial charge in [-0.15, -0.1) is 0 Å². The molecule has 6 heteroatoms. The molecule has 6 nitrogen and oxygen atoms in total. The van der Waals surface area contributed by atoms with Crippen molar-refractivity contribution in [2.75, 3.05) is 18.6 Å². The van der Waals surface area contributed by atoms with Crippen molar-refractivity contribution < 1.29 is 14.1 Å². The Labute approximate surface area is 157 Å². The lowest BCUT2D eigenvalue weighted by Crippen LogP contribution is -2.35.